The zero-order chi connectivity index (χ0) is 24.7. The molecular weight excluding hydrogens is 481 g/mol. The van der Waals surface area contributed by atoms with E-state index >= 15 is 0 Å². The monoisotopic (exact) mass is 497 g/mol. The Labute approximate surface area is 205 Å². The molecule has 0 heterocycles. The number of anilines is 1. The van der Waals surface area contributed by atoms with Gasteiger partial charge in [0.05, 0.1) is 17.7 Å². The van der Waals surface area contributed by atoms with E-state index in [-0.39, 0.29) is 29.3 Å². The third kappa shape index (κ3) is 6.04. The highest BCUT2D eigenvalue weighted by Crippen LogP contribution is 2.29. The van der Waals surface area contributed by atoms with E-state index < -0.39 is 10.8 Å². The lowest BCUT2D eigenvalue weighted by Gasteiger charge is -2.10. The molecule has 172 valence electrons. The Kier molecular flexibility index (Phi) is 8.09. The minimum Gasteiger partial charge on any atom is -0.495 e. The summed E-state index contributed by atoms with van der Waals surface area (Å²) in [5.74, 6) is 0.0174. The lowest BCUT2D eigenvalue weighted by atomic mass is 10.1. The van der Waals surface area contributed by atoms with Crippen LogP contribution in [0.25, 0.3) is 6.08 Å². The largest absolute Gasteiger partial charge is 0.495 e. The van der Waals surface area contributed by atoms with Crippen LogP contribution < -0.4 is 14.8 Å². The van der Waals surface area contributed by atoms with Crippen LogP contribution >= 0.6 is 23.2 Å². The van der Waals surface area contributed by atoms with Gasteiger partial charge in [0.15, 0.2) is 0 Å². The Morgan fingerprint density at radius 1 is 1.15 bits per heavy atom. The second-order valence-electron chi connectivity index (χ2n) is 6.82. The third-order valence-electron chi connectivity index (χ3n) is 4.64. The van der Waals surface area contributed by atoms with Crippen molar-refractivity contribution < 1.29 is 19.2 Å². The number of hydrogen-bond donors (Lipinski definition) is 1. The van der Waals surface area contributed by atoms with Gasteiger partial charge in [-0.05, 0) is 42.0 Å². The summed E-state index contributed by atoms with van der Waals surface area (Å²) in [6.07, 6.45) is 1.38. The molecule has 10 heteroatoms. The normalized spacial score (nSPS) is 10.8. The van der Waals surface area contributed by atoms with Gasteiger partial charge in [-0.2, -0.15) is 5.26 Å². The van der Waals surface area contributed by atoms with Crippen LogP contribution in [-0.4, -0.2) is 17.9 Å². The molecule has 3 aromatic rings. The fourth-order valence-corrected chi connectivity index (χ4v) is 3.40. The molecule has 34 heavy (non-hydrogen) atoms. The highest BCUT2D eigenvalue weighted by Gasteiger charge is 2.16. The van der Waals surface area contributed by atoms with Crippen LogP contribution in [0.2, 0.25) is 10.0 Å². The first-order valence-electron chi connectivity index (χ1n) is 9.73. The first-order chi connectivity index (χ1) is 16.3. The van der Waals surface area contributed by atoms with Crippen molar-refractivity contribution in [1.29, 1.82) is 5.26 Å². The van der Waals surface area contributed by atoms with Gasteiger partial charge in [0.2, 0.25) is 0 Å². The molecular formula is C24H17Cl2N3O5. The average Bonchev–Trinajstić information content (AvgIpc) is 2.82. The number of nitro benzene ring substituents is 1. The Hall–Kier alpha value is -4.06. The van der Waals surface area contributed by atoms with Gasteiger partial charge in [0.1, 0.15) is 29.7 Å². The molecule has 0 aromatic heterocycles. The topological polar surface area (TPSA) is 114 Å². The predicted molar refractivity (Wildman–Crippen MR) is 129 cm³/mol. The Balaban J connectivity index is 1.73. The van der Waals surface area contributed by atoms with E-state index in [1.165, 1.54) is 25.3 Å². The highest BCUT2D eigenvalue weighted by atomic mass is 35.5. The molecule has 0 aliphatic carbocycles. The maximum Gasteiger partial charge on any atom is 0.271 e. The molecule has 3 aromatic carbocycles. The maximum absolute atomic E-state index is 12.6. The van der Waals surface area contributed by atoms with E-state index in [1.54, 1.807) is 42.5 Å². The molecule has 1 N–H and O–H groups in total. The zero-order valence-electron chi connectivity index (χ0n) is 17.7. The summed E-state index contributed by atoms with van der Waals surface area (Å²) in [5.41, 5.74) is 0.873. The number of non-ortho nitro benzene ring substituents is 1. The quantitative estimate of drug-likeness (QED) is 0.175. The summed E-state index contributed by atoms with van der Waals surface area (Å²) >= 11 is 12.3. The zero-order valence-corrected chi connectivity index (χ0v) is 19.3. The fraction of sp³-hybridized carbons (Fsp3) is 0.0833. The molecule has 0 saturated heterocycles. The summed E-state index contributed by atoms with van der Waals surface area (Å²) < 4.78 is 10.8. The van der Waals surface area contributed by atoms with Crippen LogP contribution in [0.4, 0.5) is 11.4 Å². The molecule has 0 spiro atoms. The number of carbonyl (C=O) groups is 1. The molecule has 0 aliphatic heterocycles. The van der Waals surface area contributed by atoms with Crippen LogP contribution in [0.15, 0.2) is 66.2 Å². The summed E-state index contributed by atoms with van der Waals surface area (Å²) in [6, 6.07) is 17.5. The number of ether oxygens (including phenoxy) is 2. The molecule has 0 bridgehead atoms. The average molecular weight is 498 g/mol. The van der Waals surface area contributed by atoms with E-state index in [4.69, 9.17) is 32.7 Å². The van der Waals surface area contributed by atoms with Gasteiger partial charge in [-0.25, -0.2) is 0 Å². The standard InChI is InChI=1S/C24H17Cl2N3O5/c1-33-23-10-7-17(29(31)32)12-22(23)28-24(30)16(13-27)11-15-5-8-18(9-6-15)34-14-19-20(25)3-2-4-21(19)26/h2-12H,14H2,1H3,(H,28,30)/b16-11+. The van der Waals surface area contributed by atoms with Gasteiger partial charge in [-0.1, -0.05) is 41.4 Å². The van der Waals surface area contributed by atoms with Crippen LogP contribution in [-0.2, 0) is 11.4 Å². The molecule has 0 radical (unpaired) electrons. The number of hydrogen-bond acceptors (Lipinski definition) is 6. The molecule has 3 rings (SSSR count). The fourth-order valence-electron chi connectivity index (χ4n) is 2.90. The number of nitriles is 1. The summed E-state index contributed by atoms with van der Waals surface area (Å²) in [6.45, 7) is 0.171. The van der Waals surface area contributed by atoms with Crippen molar-refractivity contribution in [3.8, 4) is 17.6 Å². The number of halogens is 2. The first-order valence-corrected chi connectivity index (χ1v) is 10.5. The number of methoxy groups -OCH3 is 1. The molecule has 0 fully saturated rings. The van der Waals surface area contributed by atoms with Crippen molar-refractivity contribution in [2.24, 2.45) is 0 Å². The van der Waals surface area contributed by atoms with Crippen LogP contribution in [0.3, 0.4) is 0 Å². The molecule has 0 aliphatic rings. The lowest BCUT2D eigenvalue weighted by molar-refractivity contribution is -0.384. The molecule has 0 atom stereocenters. The van der Waals surface area contributed by atoms with E-state index in [9.17, 15) is 20.2 Å². The smallest absolute Gasteiger partial charge is 0.271 e. The van der Waals surface area contributed by atoms with Gasteiger partial charge >= 0.3 is 0 Å². The van der Waals surface area contributed by atoms with Crippen LogP contribution in [0.5, 0.6) is 11.5 Å². The highest BCUT2D eigenvalue weighted by molar-refractivity contribution is 6.35. The number of nitro groups is 1. The molecule has 8 nitrogen and oxygen atoms in total. The lowest BCUT2D eigenvalue weighted by Crippen LogP contribution is -2.14. The second kappa shape index (κ2) is 11.2. The van der Waals surface area contributed by atoms with Crippen molar-refractivity contribution in [3.05, 3.63) is 97.5 Å². The Morgan fingerprint density at radius 3 is 2.41 bits per heavy atom. The molecule has 1 amide bonds. The van der Waals surface area contributed by atoms with Gasteiger partial charge in [0.25, 0.3) is 11.6 Å². The summed E-state index contributed by atoms with van der Waals surface area (Å²) in [5, 5.41) is 24.0. The van der Waals surface area contributed by atoms with E-state index in [0.717, 1.165) is 6.07 Å². The Morgan fingerprint density at radius 2 is 1.82 bits per heavy atom. The minimum absolute atomic E-state index is 0.0739. The van der Waals surface area contributed by atoms with Crippen molar-refractivity contribution >= 4 is 46.6 Å². The van der Waals surface area contributed by atoms with Crippen LogP contribution in [0, 0.1) is 21.4 Å². The number of amides is 1. The summed E-state index contributed by atoms with van der Waals surface area (Å²) in [7, 11) is 1.36. The van der Waals surface area contributed by atoms with Crippen molar-refractivity contribution in [1.82, 2.24) is 0 Å². The van der Waals surface area contributed by atoms with E-state index in [2.05, 4.69) is 5.32 Å². The predicted octanol–water partition coefficient (Wildman–Crippen LogP) is 6.03. The number of benzene rings is 3. The van der Waals surface area contributed by atoms with Crippen molar-refractivity contribution in [3.63, 3.8) is 0 Å². The van der Waals surface area contributed by atoms with Crippen molar-refractivity contribution in [2.45, 2.75) is 6.61 Å². The molecule has 0 unspecified atom stereocenters. The Bertz CT molecular complexity index is 1280. The van der Waals surface area contributed by atoms with E-state index in [0.29, 0.717) is 26.9 Å². The number of carbonyl (C=O) groups excluding carboxylic acids is 1. The maximum atomic E-state index is 12.6. The first kappa shape index (κ1) is 24.6. The van der Waals surface area contributed by atoms with Gasteiger partial charge in [-0.3, -0.25) is 14.9 Å². The number of nitrogens with zero attached hydrogens (tertiary/aromatic N) is 2. The van der Waals surface area contributed by atoms with Gasteiger partial charge in [0, 0.05) is 27.7 Å². The van der Waals surface area contributed by atoms with Crippen LogP contribution in [0.1, 0.15) is 11.1 Å². The van der Waals surface area contributed by atoms with E-state index in [1.807, 2.05) is 6.07 Å². The summed E-state index contributed by atoms with van der Waals surface area (Å²) in [4.78, 5) is 23.0. The minimum atomic E-state index is -0.741. The van der Waals surface area contributed by atoms with Gasteiger partial charge < -0.3 is 14.8 Å². The third-order valence-corrected chi connectivity index (χ3v) is 5.35. The van der Waals surface area contributed by atoms with Gasteiger partial charge in [-0.15, -0.1) is 0 Å². The number of nitrogens with one attached hydrogen (secondary N) is 1. The molecule has 0 saturated carbocycles. The second-order valence-corrected chi connectivity index (χ2v) is 7.64. The number of rotatable bonds is 8. The van der Waals surface area contributed by atoms with Crippen molar-refractivity contribution in [2.75, 3.05) is 12.4 Å². The SMILES string of the molecule is COc1ccc([N+](=O)[O-])cc1NC(=O)/C(C#N)=C/c1ccc(OCc2c(Cl)cccc2Cl)cc1.